The van der Waals surface area contributed by atoms with Crippen molar-refractivity contribution in [2.24, 2.45) is 0 Å². The molecule has 0 saturated heterocycles. The van der Waals surface area contributed by atoms with Crippen molar-refractivity contribution in [2.75, 3.05) is 13.2 Å². The summed E-state index contributed by atoms with van der Waals surface area (Å²) < 4.78 is 4.86. The molecule has 0 fully saturated rings. The number of allylic oxidation sites excluding steroid dienone is 2. The maximum Gasteiger partial charge on any atom is 0.305 e. The van der Waals surface area contributed by atoms with Crippen LogP contribution in [0.15, 0.2) is 12.2 Å². The van der Waals surface area contributed by atoms with Crippen LogP contribution < -0.4 is 0 Å². The van der Waals surface area contributed by atoms with Crippen LogP contribution in [0.25, 0.3) is 0 Å². The first-order valence-corrected chi connectivity index (χ1v) is 10.3. The molecular weight excluding hydrogens is 316 g/mol. The molecule has 2 N–H and O–H groups in total. The molecule has 0 heterocycles. The van der Waals surface area contributed by atoms with Gasteiger partial charge in [-0.05, 0) is 32.1 Å². The van der Waals surface area contributed by atoms with E-state index in [1.807, 2.05) is 0 Å². The molecule has 0 aromatic carbocycles. The fourth-order valence-corrected chi connectivity index (χ4v) is 2.65. The Labute approximate surface area is 154 Å². The quantitative estimate of drug-likeness (QED) is 0.208. The first kappa shape index (κ1) is 24.1. The van der Waals surface area contributed by atoms with E-state index in [4.69, 9.17) is 14.9 Å². The van der Waals surface area contributed by atoms with Gasteiger partial charge in [0, 0.05) is 6.42 Å². The fourth-order valence-electron chi connectivity index (χ4n) is 2.65. The SMILES string of the molecule is CCCCCCCC/C=C/CCCCCCCC(=O)OCC(O)CO. The molecular formula is C21H40O4. The van der Waals surface area contributed by atoms with Crippen molar-refractivity contribution in [2.45, 2.75) is 103 Å². The normalized spacial score (nSPS) is 12.6. The molecule has 0 radical (unpaired) electrons. The number of rotatable bonds is 18. The van der Waals surface area contributed by atoms with Crippen LogP contribution in [0.1, 0.15) is 96.8 Å². The van der Waals surface area contributed by atoms with Gasteiger partial charge in [0.2, 0.25) is 0 Å². The highest BCUT2D eigenvalue weighted by molar-refractivity contribution is 5.69. The second-order valence-electron chi connectivity index (χ2n) is 6.85. The summed E-state index contributed by atoms with van der Waals surface area (Å²) in [5.41, 5.74) is 0. The molecule has 1 unspecified atom stereocenters. The van der Waals surface area contributed by atoms with Crippen molar-refractivity contribution in [1.82, 2.24) is 0 Å². The minimum absolute atomic E-state index is 0.111. The molecule has 25 heavy (non-hydrogen) atoms. The molecule has 0 aromatic heterocycles. The van der Waals surface area contributed by atoms with E-state index in [1.54, 1.807) is 0 Å². The van der Waals surface area contributed by atoms with Gasteiger partial charge in [-0.2, -0.15) is 0 Å². The van der Waals surface area contributed by atoms with Gasteiger partial charge in [-0.3, -0.25) is 4.79 Å². The van der Waals surface area contributed by atoms with Crippen molar-refractivity contribution >= 4 is 5.97 Å². The van der Waals surface area contributed by atoms with Gasteiger partial charge in [-0.25, -0.2) is 0 Å². The van der Waals surface area contributed by atoms with E-state index < -0.39 is 6.10 Å². The Balaban J connectivity index is 3.22. The first-order chi connectivity index (χ1) is 12.2. The zero-order valence-corrected chi connectivity index (χ0v) is 16.3. The Morgan fingerprint density at radius 2 is 1.40 bits per heavy atom. The molecule has 4 heteroatoms. The zero-order chi connectivity index (χ0) is 18.6. The monoisotopic (exact) mass is 356 g/mol. The minimum Gasteiger partial charge on any atom is -0.463 e. The molecule has 0 aliphatic heterocycles. The third-order valence-corrected chi connectivity index (χ3v) is 4.29. The number of carbonyl (C=O) groups excluding carboxylic acids is 1. The summed E-state index contributed by atoms with van der Waals surface area (Å²) in [6.45, 7) is 1.77. The predicted molar refractivity (Wildman–Crippen MR) is 104 cm³/mol. The van der Waals surface area contributed by atoms with Crippen LogP contribution in [0.3, 0.4) is 0 Å². The third-order valence-electron chi connectivity index (χ3n) is 4.29. The van der Waals surface area contributed by atoms with E-state index in [1.165, 1.54) is 57.8 Å². The Morgan fingerprint density at radius 1 is 0.880 bits per heavy atom. The van der Waals surface area contributed by atoms with Crippen LogP contribution in [-0.2, 0) is 9.53 Å². The van der Waals surface area contributed by atoms with Gasteiger partial charge in [-0.1, -0.05) is 70.4 Å². The summed E-state index contributed by atoms with van der Waals surface area (Å²) in [6, 6.07) is 0. The molecule has 0 amide bonds. The number of esters is 1. The molecule has 0 rings (SSSR count). The van der Waals surface area contributed by atoms with E-state index in [0.717, 1.165) is 25.7 Å². The first-order valence-electron chi connectivity index (χ1n) is 10.3. The van der Waals surface area contributed by atoms with Gasteiger partial charge in [0.15, 0.2) is 0 Å². The molecule has 0 aromatic rings. The van der Waals surface area contributed by atoms with Gasteiger partial charge in [0.05, 0.1) is 6.61 Å². The number of carbonyl (C=O) groups is 1. The summed E-state index contributed by atoms with van der Waals surface area (Å²) in [6.07, 6.45) is 20.1. The van der Waals surface area contributed by atoms with Crippen LogP contribution in [0.4, 0.5) is 0 Å². The van der Waals surface area contributed by atoms with Gasteiger partial charge in [0.1, 0.15) is 12.7 Å². The molecule has 148 valence electrons. The van der Waals surface area contributed by atoms with E-state index in [2.05, 4.69) is 19.1 Å². The zero-order valence-electron chi connectivity index (χ0n) is 16.3. The van der Waals surface area contributed by atoms with Crippen molar-refractivity contribution in [1.29, 1.82) is 0 Å². The smallest absolute Gasteiger partial charge is 0.305 e. The lowest BCUT2D eigenvalue weighted by molar-refractivity contribution is -0.147. The van der Waals surface area contributed by atoms with E-state index in [9.17, 15) is 4.79 Å². The molecule has 0 aliphatic carbocycles. The van der Waals surface area contributed by atoms with Gasteiger partial charge in [0.25, 0.3) is 0 Å². The topological polar surface area (TPSA) is 66.8 Å². The van der Waals surface area contributed by atoms with Crippen molar-refractivity contribution in [3.8, 4) is 0 Å². The van der Waals surface area contributed by atoms with E-state index in [0.29, 0.717) is 6.42 Å². The maximum atomic E-state index is 11.4. The molecule has 0 aliphatic rings. The van der Waals surface area contributed by atoms with Gasteiger partial charge >= 0.3 is 5.97 Å². The lowest BCUT2D eigenvalue weighted by Crippen LogP contribution is -2.21. The summed E-state index contributed by atoms with van der Waals surface area (Å²) in [7, 11) is 0. The highest BCUT2D eigenvalue weighted by Gasteiger charge is 2.07. The van der Waals surface area contributed by atoms with Crippen LogP contribution >= 0.6 is 0 Å². The van der Waals surface area contributed by atoms with Crippen LogP contribution in [-0.4, -0.2) is 35.5 Å². The molecule has 0 spiro atoms. The van der Waals surface area contributed by atoms with Gasteiger partial charge in [-0.15, -0.1) is 0 Å². The molecule has 1 atom stereocenters. The number of aliphatic hydroxyl groups is 2. The van der Waals surface area contributed by atoms with Crippen LogP contribution in [0, 0.1) is 0 Å². The second-order valence-corrected chi connectivity index (χ2v) is 6.85. The Morgan fingerprint density at radius 3 is 1.96 bits per heavy atom. The lowest BCUT2D eigenvalue weighted by Gasteiger charge is -2.08. The van der Waals surface area contributed by atoms with Crippen molar-refractivity contribution in [3.05, 3.63) is 12.2 Å². The fraction of sp³-hybridized carbons (Fsp3) is 0.857. The Hall–Kier alpha value is -0.870. The molecule has 4 nitrogen and oxygen atoms in total. The Kier molecular flexibility index (Phi) is 18.8. The molecule has 0 saturated carbocycles. The average Bonchev–Trinajstić information content (AvgIpc) is 2.62. The minimum atomic E-state index is -0.960. The highest BCUT2D eigenvalue weighted by Crippen LogP contribution is 2.10. The number of ether oxygens (including phenoxy) is 1. The van der Waals surface area contributed by atoms with Crippen LogP contribution in [0.2, 0.25) is 0 Å². The third kappa shape index (κ3) is 19.3. The maximum absolute atomic E-state index is 11.4. The summed E-state index contributed by atoms with van der Waals surface area (Å²) in [5.74, 6) is -0.287. The predicted octanol–water partition coefficient (Wildman–Crippen LogP) is 4.92. The number of unbranched alkanes of at least 4 members (excludes halogenated alkanes) is 11. The Bertz CT molecular complexity index is 315. The van der Waals surface area contributed by atoms with E-state index >= 15 is 0 Å². The van der Waals surface area contributed by atoms with E-state index in [-0.39, 0.29) is 19.2 Å². The molecule has 0 bridgehead atoms. The second kappa shape index (κ2) is 19.5. The lowest BCUT2D eigenvalue weighted by atomic mass is 10.1. The number of hydrogen-bond donors (Lipinski definition) is 2. The summed E-state index contributed by atoms with van der Waals surface area (Å²) in [5, 5.41) is 17.7. The number of hydrogen-bond acceptors (Lipinski definition) is 4. The largest absolute Gasteiger partial charge is 0.463 e. The standard InChI is InChI=1S/C21H40O4/c1-2-3-4-5-6-7-8-9-10-11-12-13-14-15-16-17-21(24)25-19-20(23)18-22/h9-10,20,22-23H,2-8,11-19H2,1H3/b10-9+. The van der Waals surface area contributed by atoms with Crippen molar-refractivity contribution < 1.29 is 19.7 Å². The summed E-state index contributed by atoms with van der Waals surface area (Å²) >= 11 is 0. The van der Waals surface area contributed by atoms with Crippen LogP contribution in [0.5, 0.6) is 0 Å². The number of aliphatic hydroxyl groups excluding tert-OH is 2. The van der Waals surface area contributed by atoms with Gasteiger partial charge < -0.3 is 14.9 Å². The van der Waals surface area contributed by atoms with Crippen molar-refractivity contribution in [3.63, 3.8) is 0 Å². The summed E-state index contributed by atoms with van der Waals surface area (Å²) in [4.78, 5) is 11.4. The highest BCUT2D eigenvalue weighted by atomic mass is 16.5. The average molecular weight is 357 g/mol.